The number of nitrogens with one attached hydrogen (secondary N) is 2. The Balaban J connectivity index is 1.46. The normalized spacial score (nSPS) is 21.4. The topological polar surface area (TPSA) is 67.4 Å². The average Bonchev–Trinajstić information content (AvgIpc) is 3.29. The molecule has 3 aromatic rings. The third-order valence-corrected chi connectivity index (χ3v) is 8.12. The molecule has 5 rings (SSSR count). The third kappa shape index (κ3) is 3.91. The van der Waals surface area contributed by atoms with Gasteiger partial charge in [0.1, 0.15) is 5.75 Å². The number of anilines is 2. The van der Waals surface area contributed by atoms with Crippen molar-refractivity contribution in [1.29, 1.82) is 0 Å². The molecule has 7 heteroatoms. The predicted octanol–water partition coefficient (Wildman–Crippen LogP) is 6.09. The lowest BCUT2D eigenvalue weighted by molar-refractivity contribution is 0.415. The van der Waals surface area contributed by atoms with Gasteiger partial charge in [0.2, 0.25) is 0 Å². The number of benzene rings is 3. The summed E-state index contributed by atoms with van der Waals surface area (Å²) in [7, 11) is -2.14. The maximum atomic E-state index is 13.1. The van der Waals surface area contributed by atoms with E-state index in [4.69, 9.17) is 4.74 Å². The molecule has 0 saturated heterocycles. The van der Waals surface area contributed by atoms with E-state index in [9.17, 15) is 8.42 Å². The van der Waals surface area contributed by atoms with Crippen LogP contribution in [0.4, 0.5) is 11.4 Å². The number of hydrogen-bond acceptors (Lipinski definition) is 4. The van der Waals surface area contributed by atoms with E-state index in [0.29, 0.717) is 17.4 Å². The zero-order chi connectivity index (χ0) is 22.3. The number of rotatable bonds is 5. The standard InChI is InChI=1S/C25H23BrN2O3S/c1-31-19-11-9-18(10-12-19)28-32(29,30)20-13-14-24-23(15-20)21-3-2-4-22(21)25(27-24)16-5-7-17(26)8-6-16/h2-3,5-15,21-22,25,27-28H,4H2,1H3. The SMILES string of the molecule is COc1ccc(NS(=O)(=O)c2ccc3c(c2)C2C=CCC2C(c2ccc(Br)cc2)N3)cc1. The van der Waals surface area contributed by atoms with E-state index in [1.165, 1.54) is 5.56 Å². The van der Waals surface area contributed by atoms with Crippen molar-refractivity contribution >= 4 is 37.3 Å². The van der Waals surface area contributed by atoms with Crippen molar-refractivity contribution < 1.29 is 13.2 Å². The van der Waals surface area contributed by atoms with Crippen molar-refractivity contribution in [1.82, 2.24) is 0 Å². The van der Waals surface area contributed by atoms with Gasteiger partial charge in [-0.3, -0.25) is 4.72 Å². The van der Waals surface area contributed by atoms with Gasteiger partial charge in [0.25, 0.3) is 10.0 Å². The Kier molecular flexibility index (Phi) is 5.47. The minimum atomic E-state index is -3.71. The van der Waals surface area contributed by atoms with Gasteiger partial charge < -0.3 is 10.1 Å². The summed E-state index contributed by atoms with van der Waals surface area (Å²) in [5.74, 6) is 1.19. The quantitative estimate of drug-likeness (QED) is 0.407. The maximum absolute atomic E-state index is 13.1. The van der Waals surface area contributed by atoms with Crippen LogP contribution in [-0.4, -0.2) is 15.5 Å². The highest BCUT2D eigenvalue weighted by atomic mass is 79.9. The fourth-order valence-electron chi connectivity index (χ4n) is 4.61. The first-order chi connectivity index (χ1) is 15.4. The van der Waals surface area contributed by atoms with Crippen molar-refractivity contribution in [2.24, 2.45) is 5.92 Å². The summed E-state index contributed by atoms with van der Waals surface area (Å²) in [6.45, 7) is 0. The molecule has 5 nitrogen and oxygen atoms in total. The van der Waals surface area contributed by atoms with Gasteiger partial charge >= 0.3 is 0 Å². The Morgan fingerprint density at radius 2 is 1.78 bits per heavy atom. The highest BCUT2D eigenvalue weighted by Gasteiger charge is 2.38. The Hall–Kier alpha value is -2.77. The van der Waals surface area contributed by atoms with Crippen LogP contribution in [0.15, 0.2) is 88.3 Å². The first kappa shape index (κ1) is 21.1. The molecule has 1 aliphatic heterocycles. The largest absolute Gasteiger partial charge is 0.497 e. The lowest BCUT2D eigenvalue weighted by Gasteiger charge is -2.37. The van der Waals surface area contributed by atoms with Crippen LogP contribution in [0.3, 0.4) is 0 Å². The van der Waals surface area contributed by atoms with Gasteiger partial charge in [0.15, 0.2) is 0 Å². The molecular weight excluding hydrogens is 488 g/mol. The number of hydrogen-bond donors (Lipinski definition) is 2. The second-order valence-corrected chi connectivity index (χ2v) is 10.7. The molecule has 2 aliphatic rings. The Labute approximate surface area is 196 Å². The smallest absolute Gasteiger partial charge is 0.261 e. The van der Waals surface area contributed by atoms with Crippen LogP contribution in [-0.2, 0) is 10.0 Å². The summed E-state index contributed by atoms with van der Waals surface area (Å²) in [5, 5.41) is 3.66. The van der Waals surface area contributed by atoms with Crippen molar-refractivity contribution in [3.8, 4) is 5.75 Å². The summed E-state index contributed by atoms with van der Waals surface area (Å²) in [4.78, 5) is 0.259. The van der Waals surface area contributed by atoms with E-state index < -0.39 is 10.0 Å². The lowest BCUT2D eigenvalue weighted by atomic mass is 9.77. The second-order valence-electron chi connectivity index (χ2n) is 8.11. The first-order valence-corrected chi connectivity index (χ1v) is 12.7. The van der Waals surface area contributed by atoms with Gasteiger partial charge in [0.05, 0.1) is 18.0 Å². The van der Waals surface area contributed by atoms with Crippen LogP contribution in [0.2, 0.25) is 0 Å². The zero-order valence-electron chi connectivity index (χ0n) is 17.5. The maximum Gasteiger partial charge on any atom is 0.261 e. The molecule has 3 unspecified atom stereocenters. The molecule has 0 bridgehead atoms. The van der Waals surface area contributed by atoms with Crippen LogP contribution in [0.25, 0.3) is 0 Å². The van der Waals surface area contributed by atoms with Crippen LogP contribution < -0.4 is 14.8 Å². The highest BCUT2D eigenvalue weighted by molar-refractivity contribution is 9.10. The van der Waals surface area contributed by atoms with E-state index in [-0.39, 0.29) is 16.9 Å². The molecule has 0 spiro atoms. The van der Waals surface area contributed by atoms with Gasteiger partial charge in [-0.2, -0.15) is 0 Å². The number of methoxy groups -OCH3 is 1. The molecule has 0 amide bonds. The van der Waals surface area contributed by atoms with Gasteiger partial charge in [-0.15, -0.1) is 0 Å². The van der Waals surface area contributed by atoms with Gasteiger partial charge in [-0.25, -0.2) is 8.42 Å². The molecule has 1 aliphatic carbocycles. The highest BCUT2D eigenvalue weighted by Crippen LogP contribution is 2.50. The number of ether oxygens (including phenoxy) is 1. The Bertz CT molecular complexity index is 1270. The Morgan fingerprint density at radius 1 is 1.03 bits per heavy atom. The molecule has 3 aromatic carbocycles. The second kappa shape index (κ2) is 8.30. The molecule has 2 N–H and O–H groups in total. The average molecular weight is 511 g/mol. The van der Waals surface area contributed by atoms with Gasteiger partial charge in [0, 0.05) is 21.8 Å². The number of allylic oxidation sites excluding steroid dienone is 2. The molecule has 0 fully saturated rings. The predicted molar refractivity (Wildman–Crippen MR) is 131 cm³/mol. The van der Waals surface area contributed by atoms with E-state index in [1.54, 1.807) is 43.5 Å². The number of fused-ring (bicyclic) bond motifs is 3. The third-order valence-electron chi connectivity index (χ3n) is 6.22. The number of halogens is 1. The van der Waals surface area contributed by atoms with Gasteiger partial charge in [-0.1, -0.05) is 40.2 Å². The Morgan fingerprint density at radius 3 is 2.50 bits per heavy atom. The van der Waals surface area contributed by atoms with Crippen LogP contribution >= 0.6 is 15.9 Å². The molecule has 1 heterocycles. The fraction of sp³-hybridized carbons (Fsp3) is 0.200. The van der Waals surface area contributed by atoms with E-state index in [0.717, 1.165) is 22.1 Å². The van der Waals surface area contributed by atoms with Crippen LogP contribution in [0.1, 0.15) is 29.5 Å². The summed E-state index contributed by atoms with van der Waals surface area (Å²) >= 11 is 3.51. The van der Waals surface area contributed by atoms with E-state index in [2.05, 4.69) is 62.4 Å². The minimum Gasteiger partial charge on any atom is -0.497 e. The molecular formula is C25H23BrN2O3S. The molecule has 0 saturated carbocycles. The lowest BCUT2D eigenvalue weighted by Crippen LogP contribution is -2.29. The van der Waals surface area contributed by atoms with Crippen molar-refractivity contribution in [2.75, 3.05) is 17.1 Å². The molecule has 32 heavy (non-hydrogen) atoms. The van der Waals surface area contributed by atoms with Crippen molar-refractivity contribution in [3.63, 3.8) is 0 Å². The minimum absolute atomic E-state index is 0.176. The van der Waals surface area contributed by atoms with Gasteiger partial charge in [-0.05, 0) is 78.1 Å². The zero-order valence-corrected chi connectivity index (χ0v) is 19.9. The monoisotopic (exact) mass is 510 g/mol. The summed E-state index contributed by atoms with van der Waals surface area (Å²) in [6.07, 6.45) is 5.37. The first-order valence-electron chi connectivity index (χ1n) is 10.4. The molecule has 3 atom stereocenters. The molecule has 0 radical (unpaired) electrons. The van der Waals surface area contributed by atoms with Crippen molar-refractivity contribution in [3.05, 3.63) is 94.5 Å². The summed E-state index contributed by atoms with van der Waals surface area (Å²) < 4.78 is 35.0. The van der Waals surface area contributed by atoms with Crippen LogP contribution in [0, 0.1) is 5.92 Å². The molecule has 0 aromatic heterocycles. The van der Waals surface area contributed by atoms with E-state index >= 15 is 0 Å². The molecule has 164 valence electrons. The summed E-state index contributed by atoms with van der Waals surface area (Å²) in [5.41, 5.74) is 3.73. The van der Waals surface area contributed by atoms with Crippen molar-refractivity contribution in [2.45, 2.75) is 23.3 Å². The fourth-order valence-corrected chi connectivity index (χ4v) is 5.97. The van der Waals surface area contributed by atoms with Crippen LogP contribution in [0.5, 0.6) is 5.75 Å². The van der Waals surface area contributed by atoms with E-state index in [1.807, 2.05) is 6.07 Å². The summed E-state index contributed by atoms with van der Waals surface area (Å²) in [6, 6.07) is 20.8. The number of sulfonamides is 1.